The van der Waals surface area contributed by atoms with Gasteiger partial charge < -0.3 is 14.2 Å². The van der Waals surface area contributed by atoms with Gasteiger partial charge in [0.25, 0.3) is 0 Å². The fraction of sp³-hybridized carbons (Fsp3) is 0.904. The summed E-state index contributed by atoms with van der Waals surface area (Å²) in [6.07, 6.45) is 83.8. The number of unbranched alkanes of at least 4 members (excludes halogenated alkanes) is 52. The SMILES string of the molecule is CCC/C=C\CCCCCCCC(=O)OCC(COC(=O)CCCCCCCCCCCCCCCCCCCCC/C=C\CCCCCCCCCC)OC(=O)CCCCCCCCCCCCCCCCCCCCCC. The first kappa shape index (κ1) is 76.9. The molecule has 1 atom stereocenters. The van der Waals surface area contributed by atoms with Gasteiger partial charge in [-0.3, -0.25) is 14.4 Å². The Labute approximate surface area is 493 Å². The lowest BCUT2D eigenvalue weighted by molar-refractivity contribution is -0.167. The zero-order valence-corrected chi connectivity index (χ0v) is 53.7. The maximum absolute atomic E-state index is 12.9. The monoisotopic (exact) mass is 1110 g/mol. The summed E-state index contributed by atoms with van der Waals surface area (Å²) in [5, 5.41) is 0. The smallest absolute Gasteiger partial charge is 0.306 e. The Morgan fingerprint density at radius 2 is 0.443 bits per heavy atom. The van der Waals surface area contributed by atoms with Crippen LogP contribution in [0.25, 0.3) is 0 Å². The standard InChI is InChI=1S/C73H138O6/c1-4-7-10-13-16-19-22-24-26-28-30-32-33-34-35-36-37-38-39-40-41-42-44-45-47-49-51-54-57-60-63-66-72(75)78-69-70(68-77-71(74)65-62-59-56-53-21-18-15-12-9-6-3)79-73(76)67-64-61-58-55-52-50-48-46-43-31-29-27-25-23-20-17-14-11-8-5-2/h12,15,28,30,70H,4-11,13-14,16-27,29,31-69H2,1-3H3/b15-12-,30-28-. The molecule has 0 aromatic rings. The van der Waals surface area contributed by atoms with Gasteiger partial charge in [0.2, 0.25) is 0 Å². The first-order valence-electron chi connectivity index (χ1n) is 35.8. The van der Waals surface area contributed by atoms with Crippen LogP contribution in [-0.4, -0.2) is 37.2 Å². The molecule has 0 rings (SSSR count). The van der Waals surface area contributed by atoms with Gasteiger partial charge in [0.15, 0.2) is 6.10 Å². The Morgan fingerprint density at radius 3 is 0.684 bits per heavy atom. The molecule has 0 aliphatic rings. The van der Waals surface area contributed by atoms with Crippen LogP contribution < -0.4 is 0 Å². The fourth-order valence-electron chi connectivity index (χ4n) is 11.0. The molecule has 0 aromatic carbocycles. The zero-order chi connectivity index (χ0) is 57.1. The average Bonchev–Trinajstić information content (AvgIpc) is 3.45. The number of ether oxygens (including phenoxy) is 3. The highest BCUT2D eigenvalue weighted by molar-refractivity contribution is 5.71. The van der Waals surface area contributed by atoms with Crippen molar-refractivity contribution in [1.82, 2.24) is 0 Å². The first-order chi connectivity index (χ1) is 39.0. The van der Waals surface area contributed by atoms with Crippen molar-refractivity contribution >= 4 is 17.9 Å². The first-order valence-corrected chi connectivity index (χ1v) is 35.8. The van der Waals surface area contributed by atoms with Gasteiger partial charge in [0.05, 0.1) is 0 Å². The molecule has 0 aromatic heterocycles. The minimum absolute atomic E-state index is 0.0676. The summed E-state index contributed by atoms with van der Waals surface area (Å²) >= 11 is 0. The maximum atomic E-state index is 12.9. The van der Waals surface area contributed by atoms with Crippen molar-refractivity contribution in [2.75, 3.05) is 13.2 Å². The van der Waals surface area contributed by atoms with Crippen LogP contribution in [0.5, 0.6) is 0 Å². The van der Waals surface area contributed by atoms with Crippen molar-refractivity contribution < 1.29 is 28.6 Å². The number of carbonyl (C=O) groups is 3. The predicted molar refractivity (Wildman–Crippen MR) is 344 cm³/mol. The lowest BCUT2D eigenvalue weighted by Crippen LogP contribution is -2.30. The van der Waals surface area contributed by atoms with E-state index in [-0.39, 0.29) is 31.1 Å². The summed E-state index contributed by atoms with van der Waals surface area (Å²) < 4.78 is 16.9. The molecule has 0 aliphatic carbocycles. The van der Waals surface area contributed by atoms with Gasteiger partial charge in [-0.25, -0.2) is 0 Å². The molecule has 0 fully saturated rings. The quantitative estimate of drug-likeness (QED) is 0.0261. The molecule has 0 saturated heterocycles. The van der Waals surface area contributed by atoms with E-state index in [1.807, 2.05) is 0 Å². The molecule has 0 radical (unpaired) electrons. The summed E-state index contributed by atoms with van der Waals surface area (Å²) in [5.41, 5.74) is 0. The largest absolute Gasteiger partial charge is 0.462 e. The Balaban J connectivity index is 4.07. The second-order valence-electron chi connectivity index (χ2n) is 24.5. The Morgan fingerprint density at radius 1 is 0.241 bits per heavy atom. The van der Waals surface area contributed by atoms with Crippen molar-refractivity contribution in [3.8, 4) is 0 Å². The Kier molecular flexibility index (Phi) is 66.6. The van der Waals surface area contributed by atoms with Crippen LogP contribution in [0.4, 0.5) is 0 Å². The summed E-state index contributed by atoms with van der Waals surface area (Å²) in [7, 11) is 0. The number of allylic oxidation sites excluding steroid dienone is 4. The highest BCUT2D eigenvalue weighted by atomic mass is 16.6. The highest BCUT2D eigenvalue weighted by Gasteiger charge is 2.19. The van der Waals surface area contributed by atoms with E-state index in [2.05, 4.69) is 45.1 Å². The Hall–Kier alpha value is -2.11. The van der Waals surface area contributed by atoms with Crippen LogP contribution in [0.1, 0.15) is 406 Å². The van der Waals surface area contributed by atoms with Crippen LogP contribution in [-0.2, 0) is 28.6 Å². The molecule has 0 spiro atoms. The minimum atomic E-state index is -0.770. The van der Waals surface area contributed by atoms with Gasteiger partial charge in [-0.15, -0.1) is 0 Å². The predicted octanol–water partition coefficient (Wildman–Crippen LogP) is 24.6. The van der Waals surface area contributed by atoms with E-state index in [0.717, 1.165) is 70.6 Å². The van der Waals surface area contributed by atoms with E-state index in [0.29, 0.717) is 19.3 Å². The van der Waals surface area contributed by atoms with Gasteiger partial charge in [0.1, 0.15) is 13.2 Å². The van der Waals surface area contributed by atoms with Crippen molar-refractivity contribution in [2.45, 2.75) is 412 Å². The summed E-state index contributed by atoms with van der Waals surface area (Å²) in [6, 6.07) is 0. The van der Waals surface area contributed by atoms with E-state index in [1.54, 1.807) is 0 Å². The Bertz CT molecular complexity index is 1270. The number of rotatable bonds is 67. The second kappa shape index (κ2) is 68.4. The fourth-order valence-corrected chi connectivity index (χ4v) is 11.0. The molecule has 79 heavy (non-hydrogen) atoms. The van der Waals surface area contributed by atoms with Crippen molar-refractivity contribution in [1.29, 1.82) is 0 Å². The molecule has 6 heteroatoms. The molecule has 1 unspecified atom stereocenters. The van der Waals surface area contributed by atoms with Crippen LogP contribution in [0, 0.1) is 0 Å². The maximum Gasteiger partial charge on any atom is 0.306 e. The van der Waals surface area contributed by atoms with Gasteiger partial charge in [0, 0.05) is 19.3 Å². The van der Waals surface area contributed by atoms with Crippen LogP contribution in [0.15, 0.2) is 24.3 Å². The van der Waals surface area contributed by atoms with Gasteiger partial charge in [-0.1, -0.05) is 347 Å². The minimum Gasteiger partial charge on any atom is -0.462 e. The normalized spacial score (nSPS) is 12.1. The lowest BCUT2D eigenvalue weighted by Gasteiger charge is -2.18. The molecule has 0 N–H and O–H groups in total. The third kappa shape index (κ3) is 66.6. The van der Waals surface area contributed by atoms with E-state index in [1.165, 1.54) is 295 Å². The summed E-state index contributed by atoms with van der Waals surface area (Å²) in [4.78, 5) is 38.3. The molecule has 0 aliphatic heterocycles. The summed E-state index contributed by atoms with van der Waals surface area (Å²) in [5.74, 6) is -0.848. The zero-order valence-electron chi connectivity index (χ0n) is 53.7. The molecule has 6 nitrogen and oxygen atoms in total. The molecular weight excluding hydrogens is 973 g/mol. The topological polar surface area (TPSA) is 78.9 Å². The molecule has 0 saturated carbocycles. The molecule has 0 amide bonds. The molecule has 0 heterocycles. The highest BCUT2D eigenvalue weighted by Crippen LogP contribution is 2.19. The average molecular weight is 1110 g/mol. The van der Waals surface area contributed by atoms with Crippen LogP contribution in [0.3, 0.4) is 0 Å². The third-order valence-electron chi connectivity index (χ3n) is 16.4. The van der Waals surface area contributed by atoms with E-state index in [9.17, 15) is 14.4 Å². The second-order valence-corrected chi connectivity index (χ2v) is 24.5. The van der Waals surface area contributed by atoms with E-state index in [4.69, 9.17) is 14.2 Å². The van der Waals surface area contributed by atoms with Crippen LogP contribution in [0.2, 0.25) is 0 Å². The summed E-state index contributed by atoms with van der Waals surface area (Å²) in [6.45, 7) is 6.65. The van der Waals surface area contributed by atoms with Crippen LogP contribution >= 0.6 is 0 Å². The number of carbonyl (C=O) groups excluding carboxylic acids is 3. The van der Waals surface area contributed by atoms with Crippen molar-refractivity contribution in [3.05, 3.63) is 24.3 Å². The van der Waals surface area contributed by atoms with Gasteiger partial charge >= 0.3 is 17.9 Å². The van der Waals surface area contributed by atoms with Crippen molar-refractivity contribution in [3.63, 3.8) is 0 Å². The molecule has 466 valence electrons. The number of hydrogen-bond acceptors (Lipinski definition) is 6. The van der Waals surface area contributed by atoms with Gasteiger partial charge in [-0.05, 0) is 64.2 Å². The molecular formula is C73H138O6. The third-order valence-corrected chi connectivity index (χ3v) is 16.4. The van der Waals surface area contributed by atoms with Gasteiger partial charge in [-0.2, -0.15) is 0 Å². The van der Waals surface area contributed by atoms with Crippen molar-refractivity contribution in [2.24, 2.45) is 0 Å². The number of hydrogen-bond donors (Lipinski definition) is 0. The number of esters is 3. The van der Waals surface area contributed by atoms with E-state index >= 15 is 0 Å². The molecule has 0 bridgehead atoms. The van der Waals surface area contributed by atoms with E-state index < -0.39 is 6.10 Å². The lowest BCUT2D eigenvalue weighted by atomic mass is 10.0.